The Morgan fingerprint density at radius 2 is 2.18 bits per heavy atom. The molecule has 0 aromatic carbocycles. The lowest BCUT2D eigenvalue weighted by atomic mass is 10.3. The van der Waals surface area contributed by atoms with Crippen molar-refractivity contribution < 1.29 is 18.7 Å². The van der Waals surface area contributed by atoms with E-state index in [-0.39, 0.29) is 12.5 Å². The Morgan fingerprint density at radius 3 is 2.55 bits per heavy atom. The Bertz CT molecular complexity index is 148. The van der Waals surface area contributed by atoms with Gasteiger partial charge in [-0.15, -0.1) is 0 Å². The summed E-state index contributed by atoms with van der Waals surface area (Å²) in [6.45, 7) is 3.79. The Balaban J connectivity index is 3.61. The van der Waals surface area contributed by atoms with Gasteiger partial charge in [-0.1, -0.05) is 6.92 Å². The predicted octanol–water partition coefficient (Wildman–Crippen LogP) is 1.59. The van der Waals surface area contributed by atoms with Gasteiger partial charge >= 0.3 is 7.60 Å². The zero-order valence-corrected chi connectivity index (χ0v) is 8.01. The van der Waals surface area contributed by atoms with Gasteiger partial charge in [-0.3, -0.25) is 4.57 Å². The molecule has 0 aliphatic rings. The lowest BCUT2D eigenvalue weighted by molar-refractivity contribution is 0.0834. The van der Waals surface area contributed by atoms with Crippen molar-refractivity contribution in [2.75, 3.05) is 13.5 Å². The molecule has 0 rings (SSSR count). The van der Waals surface area contributed by atoms with E-state index in [1.165, 1.54) is 7.11 Å². The Kier molecular flexibility index (Phi) is 4.93. The minimum Gasteiger partial charge on any atom is -0.366 e. The van der Waals surface area contributed by atoms with Crippen LogP contribution in [0.15, 0.2) is 0 Å². The van der Waals surface area contributed by atoms with E-state index in [1.807, 2.05) is 13.8 Å². The molecule has 0 aromatic rings. The summed E-state index contributed by atoms with van der Waals surface area (Å²) in [4.78, 5) is 8.88. The van der Waals surface area contributed by atoms with E-state index in [2.05, 4.69) is 4.52 Å². The predicted molar refractivity (Wildman–Crippen MR) is 42.5 cm³/mol. The van der Waals surface area contributed by atoms with E-state index in [4.69, 9.17) is 9.63 Å². The van der Waals surface area contributed by atoms with Crippen LogP contribution in [0, 0.1) is 0 Å². The number of hydrogen-bond donors (Lipinski definition) is 1. The van der Waals surface area contributed by atoms with Gasteiger partial charge in [0.25, 0.3) is 0 Å². The van der Waals surface area contributed by atoms with E-state index < -0.39 is 7.60 Å². The fraction of sp³-hybridized carbons (Fsp3) is 1.00. The molecule has 0 amide bonds. The summed E-state index contributed by atoms with van der Waals surface area (Å²) < 4.78 is 20.1. The average molecular weight is 182 g/mol. The fourth-order valence-electron chi connectivity index (χ4n) is 0.392. The van der Waals surface area contributed by atoms with Crippen LogP contribution in [0.5, 0.6) is 0 Å². The van der Waals surface area contributed by atoms with Crippen molar-refractivity contribution in [2.24, 2.45) is 0 Å². The molecule has 0 radical (unpaired) electrons. The van der Waals surface area contributed by atoms with Crippen LogP contribution in [-0.2, 0) is 13.8 Å². The number of hydrogen-bond acceptors (Lipinski definition) is 3. The second-order valence-electron chi connectivity index (χ2n) is 2.33. The van der Waals surface area contributed by atoms with E-state index in [0.717, 1.165) is 6.42 Å². The van der Waals surface area contributed by atoms with E-state index in [9.17, 15) is 4.57 Å². The number of rotatable bonds is 5. The first-order valence-corrected chi connectivity index (χ1v) is 5.27. The molecule has 2 unspecified atom stereocenters. The number of ether oxygens (including phenoxy) is 1. The third-order valence-corrected chi connectivity index (χ3v) is 2.43. The molecule has 11 heavy (non-hydrogen) atoms. The van der Waals surface area contributed by atoms with Crippen molar-refractivity contribution in [1.29, 1.82) is 0 Å². The summed E-state index contributed by atoms with van der Waals surface area (Å²) in [5.41, 5.74) is 0. The summed E-state index contributed by atoms with van der Waals surface area (Å²) in [5.74, 6) is 0. The highest BCUT2D eigenvalue weighted by Crippen LogP contribution is 2.40. The SMILES string of the molecule is CCC(C)OCP(=O)(O)OC. The molecule has 0 fully saturated rings. The fourth-order valence-corrected chi connectivity index (χ4v) is 0.940. The summed E-state index contributed by atoms with van der Waals surface area (Å²) >= 11 is 0. The summed E-state index contributed by atoms with van der Waals surface area (Å²) in [6, 6.07) is 0. The summed E-state index contributed by atoms with van der Waals surface area (Å²) in [7, 11) is -2.27. The molecular weight excluding hydrogens is 167 g/mol. The minimum absolute atomic E-state index is 0.00521. The van der Waals surface area contributed by atoms with Crippen LogP contribution in [0.2, 0.25) is 0 Å². The van der Waals surface area contributed by atoms with Gasteiger partial charge in [-0.25, -0.2) is 0 Å². The van der Waals surface area contributed by atoms with Crippen LogP contribution in [0.25, 0.3) is 0 Å². The van der Waals surface area contributed by atoms with Crippen molar-refractivity contribution in [2.45, 2.75) is 26.4 Å². The maximum absolute atomic E-state index is 10.8. The standard InChI is InChI=1S/C6H15O4P/c1-4-6(2)10-5-11(7,8)9-3/h6H,4-5H2,1-3H3,(H,7,8). The van der Waals surface area contributed by atoms with Gasteiger partial charge in [0.1, 0.15) is 6.35 Å². The molecular formula is C6H15O4P. The highest BCUT2D eigenvalue weighted by molar-refractivity contribution is 7.52. The third-order valence-electron chi connectivity index (χ3n) is 1.38. The van der Waals surface area contributed by atoms with Gasteiger partial charge in [-0.2, -0.15) is 0 Å². The van der Waals surface area contributed by atoms with Crippen molar-refractivity contribution in [1.82, 2.24) is 0 Å². The highest BCUT2D eigenvalue weighted by Gasteiger charge is 2.17. The van der Waals surface area contributed by atoms with Crippen LogP contribution >= 0.6 is 7.60 Å². The van der Waals surface area contributed by atoms with Crippen LogP contribution in [-0.4, -0.2) is 24.5 Å². The second-order valence-corrected chi connectivity index (χ2v) is 4.23. The van der Waals surface area contributed by atoms with Crippen molar-refractivity contribution in [3.05, 3.63) is 0 Å². The van der Waals surface area contributed by atoms with Gasteiger partial charge in [0.2, 0.25) is 0 Å². The Morgan fingerprint density at radius 1 is 1.64 bits per heavy atom. The topological polar surface area (TPSA) is 55.8 Å². The van der Waals surface area contributed by atoms with Gasteiger partial charge < -0.3 is 14.2 Å². The molecule has 4 nitrogen and oxygen atoms in total. The van der Waals surface area contributed by atoms with E-state index in [0.29, 0.717) is 0 Å². The minimum atomic E-state index is -3.46. The van der Waals surface area contributed by atoms with Crippen molar-refractivity contribution >= 4 is 7.60 Å². The molecule has 68 valence electrons. The normalized spacial score (nSPS) is 19.3. The Labute approximate surface area is 67.0 Å². The third kappa shape index (κ3) is 5.39. The van der Waals surface area contributed by atoms with Gasteiger partial charge in [-0.05, 0) is 13.3 Å². The smallest absolute Gasteiger partial charge is 0.353 e. The molecule has 0 bridgehead atoms. The molecule has 0 aliphatic heterocycles. The summed E-state index contributed by atoms with van der Waals surface area (Å²) in [6.07, 6.45) is 0.605. The van der Waals surface area contributed by atoms with E-state index >= 15 is 0 Å². The van der Waals surface area contributed by atoms with Crippen LogP contribution in [0.4, 0.5) is 0 Å². The quantitative estimate of drug-likeness (QED) is 0.656. The highest BCUT2D eigenvalue weighted by atomic mass is 31.2. The van der Waals surface area contributed by atoms with Gasteiger partial charge in [0.05, 0.1) is 6.10 Å². The lowest BCUT2D eigenvalue weighted by Gasteiger charge is -2.13. The first kappa shape index (κ1) is 11.1. The lowest BCUT2D eigenvalue weighted by Crippen LogP contribution is -2.08. The van der Waals surface area contributed by atoms with Crippen molar-refractivity contribution in [3.63, 3.8) is 0 Å². The molecule has 2 atom stereocenters. The summed E-state index contributed by atoms with van der Waals surface area (Å²) in [5, 5.41) is 0. The maximum atomic E-state index is 10.8. The first-order valence-electron chi connectivity index (χ1n) is 3.51. The van der Waals surface area contributed by atoms with Crippen molar-refractivity contribution in [3.8, 4) is 0 Å². The first-order chi connectivity index (χ1) is 5.02. The molecule has 0 spiro atoms. The molecule has 5 heteroatoms. The molecule has 0 saturated carbocycles. The van der Waals surface area contributed by atoms with Crippen LogP contribution < -0.4 is 0 Å². The zero-order valence-electron chi connectivity index (χ0n) is 7.11. The molecule has 0 aliphatic carbocycles. The monoisotopic (exact) mass is 182 g/mol. The van der Waals surface area contributed by atoms with Gasteiger partial charge in [0.15, 0.2) is 0 Å². The van der Waals surface area contributed by atoms with Crippen LogP contribution in [0.1, 0.15) is 20.3 Å². The van der Waals surface area contributed by atoms with Gasteiger partial charge in [0, 0.05) is 7.11 Å². The van der Waals surface area contributed by atoms with Crippen LogP contribution in [0.3, 0.4) is 0 Å². The largest absolute Gasteiger partial charge is 0.366 e. The molecule has 0 aromatic heterocycles. The zero-order chi connectivity index (χ0) is 8.91. The average Bonchev–Trinajstić information content (AvgIpc) is 2.00. The van der Waals surface area contributed by atoms with E-state index in [1.54, 1.807) is 0 Å². The maximum Gasteiger partial charge on any atom is 0.353 e. The molecule has 0 saturated heterocycles. The molecule has 1 N–H and O–H groups in total. The molecule has 0 heterocycles. The second kappa shape index (κ2) is 4.88. The Hall–Kier alpha value is 0.110.